The van der Waals surface area contributed by atoms with Gasteiger partial charge in [0.25, 0.3) is 6.04 Å². The summed E-state index contributed by atoms with van der Waals surface area (Å²) in [4.78, 5) is 14.0. The monoisotopic (exact) mass is 244 g/mol. The fourth-order valence-corrected chi connectivity index (χ4v) is 2.44. The summed E-state index contributed by atoms with van der Waals surface area (Å²) in [5.41, 5.74) is 1.72. The van der Waals surface area contributed by atoms with Crippen LogP contribution in [0.15, 0.2) is 42.6 Å². The van der Waals surface area contributed by atoms with Gasteiger partial charge in [-0.2, -0.15) is 0 Å². The molecule has 1 aromatic heterocycles. The molecular weight excluding hydrogens is 232 g/mol. The third-order valence-corrected chi connectivity index (χ3v) is 3.28. The maximum absolute atomic E-state index is 11.2. The van der Waals surface area contributed by atoms with Crippen LogP contribution in [-0.2, 0) is 0 Å². The van der Waals surface area contributed by atoms with Crippen molar-refractivity contribution in [2.24, 2.45) is 0 Å². The first-order valence-electron chi connectivity index (χ1n) is 5.76. The van der Waals surface area contributed by atoms with Crippen LogP contribution in [0.2, 0.25) is 0 Å². The molecule has 0 spiro atoms. The molecule has 0 aliphatic carbocycles. The van der Waals surface area contributed by atoms with Gasteiger partial charge in [0.15, 0.2) is 6.61 Å². The number of hydrogen-bond acceptors (Lipinski definition) is 3. The molecule has 2 aromatic rings. The molecule has 5 nitrogen and oxygen atoms in total. The number of benzene rings is 1. The second kappa shape index (κ2) is 4.18. The Morgan fingerprint density at radius 3 is 2.83 bits per heavy atom. The average molecular weight is 244 g/mol. The van der Waals surface area contributed by atoms with Crippen LogP contribution in [0.3, 0.4) is 0 Å². The lowest BCUT2D eigenvalue weighted by molar-refractivity contribution is -0.528. The van der Waals surface area contributed by atoms with Crippen molar-refractivity contribution in [1.29, 1.82) is 0 Å². The number of hydrogen-bond donors (Lipinski definition) is 1. The number of aromatic nitrogens is 1. The minimum Gasteiger partial charge on any atom is -0.486 e. The van der Waals surface area contributed by atoms with Crippen molar-refractivity contribution in [3.8, 4) is 5.75 Å². The van der Waals surface area contributed by atoms with Gasteiger partial charge in [-0.05, 0) is 18.2 Å². The van der Waals surface area contributed by atoms with Crippen LogP contribution in [-0.4, -0.2) is 22.6 Å². The van der Waals surface area contributed by atoms with Crippen molar-refractivity contribution in [2.45, 2.75) is 12.0 Å². The zero-order valence-corrected chi connectivity index (χ0v) is 9.58. The molecule has 0 saturated carbocycles. The van der Waals surface area contributed by atoms with Gasteiger partial charge in [-0.15, -0.1) is 0 Å². The van der Waals surface area contributed by atoms with Gasteiger partial charge in [0.1, 0.15) is 5.75 Å². The number of aromatic amines is 1. The molecule has 0 saturated heterocycles. The molecule has 1 aliphatic heterocycles. The van der Waals surface area contributed by atoms with E-state index in [-0.39, 0.29) is 17.4 Å². The van der Waals surface area contributed by atoms with E-state index in [4.69, 9.17) is 4.74 Å². The lowest BCUT2D eigenvalue weighted by Crippen LogP contribution is -2.37. The first-order valence-corrected chi connectivity index (χ1v) is 5.76. The van der Waals surface area contributed by atoms with E-state index in [2.05, 4.69) is 4.98 Å². The largest absolute Gasteiger partial charge is 0.486 e. The van der Waals surface area contributed by atoms with Gasteiger partial charge < -0.3 is 9.72 Å². The molecule has 2 heterocycles. The van der Waals surface area contributed by atoms with Crippen molar-refractivity contribution in [3.05, 3.63) is 64.0 Å². The number of nitrogens with zero attached hydrogens (tertiary/aromatic N) is 1. The zero-order chi connectivity index (χ0) is 12.5. The summed E-state index contributed by atoms with van der Waals surface area (Å²) in [5.74, 6) is 0.454. The summed E-state index contributed by atoms with van der Waals surface area (Å²) in [7, 11) is 0. The summed E-state index contributed by atoms with van der Waals surface area (Å²) in [6, 6.07) is 10.5. The summed E-state index contributed by atoms with van der Waals surface area (Å²) < 4.78 is 5.47. The van der Waals surface area contributed by atoms with Crippen LogP contribution in [0, 0.1) is 10.1 Å². The Bertz CT molecular complexity index is 565. The van der Waals surface area contributed by atoms with Gasteiger partial charge in [0, 0.05) is 22.4 Å². The van der Waals surface area contributed by atoms with Gasteiger partial charge in [0.2, 0.25) is 0 Å². The first kappa shape index (κ1) is 10.8. The van der Waals surface area contributed by atoms with Crippen LogP contribution in [0.1, 0.15) is 17.2 Å². The van der Waals surface area contributed by atoms with Crippen LogP contribution in [0.4, 0.5) is 0 Å². The van der Waals surface area contributed by atoms with Gasteiger partial charge in [-0.25, -0.2) is 0 Å². The van der Waals surface area contributed by atoms with E-state index in [1.165, 1.54) is 0 Å². The van der Waals surface area contributed by atoms with Gasteiger partial charge in [0.05, 0.1) is 5.92 Å². The molecule has 0 unspecified atom stereocenters. The van der Waals surface area contributed by atoms with Crippen molar-refractivity contribution < 1.29 is 9.66 Å². The number of nitrogens with one attached hydrogen (secondary N) is 1. The van der Waals surface area contributed by atoms with E-state index in [0.717, 1.165) is 17.0 Å². The molecule has 1 N–H and O–H groups in total. The Labute approximate surface area is 104 Å². The van der Waals surface area contributed by atoms with Crippen LogP contribution < -0.4 is 4.74 Å². The third kappa shape index (κ3) is 1.64. The Hall–Kier alpha value is -2.30. The molecule has 92 valence electrons. The van der Waals surface area contributed by atoms with E-state index < -0.39 is 6.04 Å². The quantitative estimate of drug-likeness (QED) is 0.650. The Balaban J connectivity index is 2.12. The molecule has 1 aliphatic rings. The van der Waals surface area contributed by atoms with E-state index in [1.807, 2.05) is 36.4 Å². The third-order valence-electron chi connectivity index (χ3n) is 3.28. The SMILES string of the molecule is O=[N+]([O-])[C@H]1COc2ccccc2[C@@H]1c1ccc[nH]1. The Morgan fingerprint density at radius 1 is 1.28 bits per heavy atom. The summed E-state index contributed by atoms with van der Waals surface area (Å²) in [6.45, 7) is 0.105. The van der Waals surface area contributed by atoms with Gasteiger partial charge in [-0.3, -0.25) is 10.1 Å². The lowest BCUT2D eigenvalue weighted by atomic mass is 9.87. The standard InChI is InChI=1S/C13H12N2O3/c16-15(17)11-8-18-12-6-2-1-4-9(12)13(11)10-5-3-7-14-10/h1-7,11,13-14H,8H2/t11-,13+/m0/s1. The smallest absolute Gasteiger partial charge is 0.258 e. The highest BCUT2D eigenvalue weighted by molar-refractivity contribution is 5.43. The average Bonchev–Trinajstić information content (AvgIpc) is 2.90. The lowest BCUT2D eigenvalue weighted by Gasteiger charge is -2.27. The second-order valence-corrected chi connectivity index (χ2v) is 4.30. The molecule has 18 heavy (non-hydrogen) atoms. The normalized spacial score (nSPS) is 22.0. The number of rotatable bonds is 2. The topological polar surface area (TPSA) is 68.2 Å². The van der Waals surface area contributed by atoms with E-state index >= 15 is 0 Å². The molecule has 5 heteroatoms. The minimum absolute atomic E-state index is 0.105. The highest BCUT2D eigenvalue weighted by atomic mass is 16.6. The first-order chi connectivity index (χ1) is 8.77. The van der Waals surface area contributed by atoms with Gasteiger partial charge in [-0.1, -0.05) is 18.2 Å². The molecule has 0 radical (unpaired) electrons. The van der Waals surface area contributed by atoms with Crippen molar-refractivity contribution in [2.75, 3.05) is 6.61 Å². The summed E-state index contributed by atoms with van der Waals surface area (Å²) in [5, 5.41) is 11.2. The fourth-order valence-electron chi connectivity index (χ4n) is 2.44. The number of H-pyrrole nitrogens is 1. The number of nitro groups is 1. The molecule has 1 aromatic carbocycles. The van der Waals surface area contributed by atoms with Crippen molar-refractivity contribution in [3.63, 3.8) is 0 Å². The second-order valence-electron chi connectivity index (χ2n) is 4.30. The van der Waals surface area contributed by atoms with Gasteiger partial charge >= 0.3 is 0 Å². The Morgan fingerprint density at radius 2 is 2.11 bits per heavy atom. The maximum atomic E-state index is 11.2. The molecular formula is C13H12N2O3. The van der Waals surface area contributed by atoms with E-state index in [9.17, 15) is 10.1 Å². The predicted octanol–water partition coefficient (Wildman–Crippen LogP) is 2.18. The summed E-state index contributed by atoms with van der Waals surface area (Å²) >= 11 is 0. The molecule has 0 bridgehead atoms. The zero-order valence-electron chi connectivity index (χ0n) is 9.58. The Kier molecular flexibility index (Phi) is 2.51. The van der Waals surface area contributed by atoms with Crippen molar-refractivity contribution in [1.82, 2.24) is 4.98 Å². The van der Waals surface area contributed by atoms with Crippen LogP contribution >= 0.6 is 0 Å². The number of para-hydroxylation sites is 1. The highest BCUT2D eigenvalue weighted by Crippen LogP contribution is 2.38. The van der Waals surface area contributed by atoms with Crippen LogP contribution in [0.25, 0.3) is 0 Å². The van der Waals surface area contributed by atoms with E-state index in [1.54, 1.807) is 6.20 Å². The number of fused-ring (bicyclic) bond motifs is 1. The highest BCUT2D eigenvalue weighted by Gasteiger charge is 2.40. The molecule has 3 rings (SSSR count). The number of ether oxygens (including phenoxy) is 1. The summed E-state index contributed by atoms with van der Waals surface area (Å²) in [6.07, 6.45) is 1.78. The minimum atomic E-state index is -0.751. The molecule has 2 atom stereocenters. The predicted molar refractivity (Wildman–Crippen MR) is 65.4 cm³/mol. The van der Waals surface area contributed by atoms with E-state index in [0.29, 0.717) is 0 Å². The molecule has 0 amide bonds. The fraction of sp³-hybridized carbons (Fsp3) is 0.231. The van der Waals surface area contributed by atoms with Crippen molar-refractivity contribution >= 4 is 0 Å². The maximum Gasteiger partial charge on any atom is 0.258 e. The molecule has 0 fully saturated rings. The van der Waals surface area contributed by atoms with Crippen LogP contribution in [0.5, 0.6) is 5.75 Å².